The molecule has 4 nitrogen and oxygen atoms in total. The van der Waals surface area contributed by atoms with Gasteiger partial charge in [-0.15, -0.1) is 6.58 Å². The van der Waals surface area contributed by atoms with Gasteiger partial charge >= 0.3 is 0 Å². The fourth-order valence-electron chi connectivity index (χ4n) is 3.41. The molecule has 2 heterocycles. The highest BCUT2D eigenvalue weighted by Gasteiger charge is 2.41. The van der Waals surface area contributed by atoms with Gasteiger partial charge < -0.3 is 4.90 Å². The molecule has 1 aromatic carbocycles. The first-order valence-corrected chi connectivity index (χ1v) is 8.15. The van der Waals surface area contributed by atoms with Gasteiger partial charge in [-0.2, -0.15) is 0 Å². The summed E-state index contributed by atoms with van der Waals surface area (Å²) in [6, 6.07) is 9.49. The number of carbonyl (C=O) groups is 2. The number of amides is 2. The lowest BCUT2D eigenvalue weighted by Crippen LogP contribution is -2.39. The van der Waals surface area contributed by atoms with Gasteiger partial charge in [0.1, 0.15) is 5.70 Å². The molecule has 2 aliphatic heterocycles. The van der Waals surface area contributed by atoms with E-state index in [2.05, 4.69) is 18.4 Å². The highest BCUT2D eigenvalue weighted by Crippen LogP contribution is 2.33. The Balaban J connectivity index is 2.07. The standard InChI is InChI=1S/C19H22N2O2/c1-3-11-21-18(22)16(15-9-5-4-6-10-15)17(19(21)23)20-12-7-8-14(2)13-20/h3-6,9-10,14H,1,7-8,11-13H2,2H3. The van der Waals surface area contributed by atoms with E-state index in [1.165, 1.54) is 11.3 Å². The van der Waals surface area contributed by atoms with Gasteiger partial charge in [0.2, 0.25) is 0 Å². The topological polar surface area (TPSA) is 40.6 Å². The SMILES string of the molecule is C=CCN1C(=O)C(c2ccccc2)=C(N2CCCC(C)C2)C1=O. The maximum absolute atomic E-state index is 12.9. The molecule has 23 heavy (non-hydrogen) atoms. The second-order valence-corrected chi connectivity index (χ2v) is 6.29. The number of benzene rings is 1. The zero-order valence-corrected chi connectivity index (χ0v) is 13.5. The zero-order chi connectivity index (χ0) is 16.4. The number of hydrogen-bond acceptors (Lipinski definition) is 3. The Morgan fingerprint density at radius 2 is 1.96 bits per heavy atom. The third-order valence-electron chi connectivity index (χ3n) is 4.49. The summed E-state index contributed by atoms with van der Waals surface area (Å²) in [6.45, 7) is 7.76. The van der Waals surface area contributed by atoms with Gasteiger partial charge in [-0.1, -0.05) is 43.3 Å². The van der Waals surface area contributed by atoms with Crippen molar-refractivity contribution in [1.29, 1.82) is 0 Å². The van der Waals surface area contributed by atoms with Gasteiger partial charge in [-0.25, -0.2) is 0 Å². The second-order valence-electron chi connectivity index (χ2n) is 6.29. The lowest BCUT2D eigenvalue weighted by Gasteiger charge is -2.33. The van der Waals surface area contributed by atoms with Gasteiger partial charge in [0, 0.05) is 19.6 Å². The number of imide groups is 1. The molecule has 1 saturated heterocycles. The van der Waals surface area contributed by atoms with E-state index in [0.717, 1.165) is 25.1 Å². The van der Waals surface area contributed by atoms with E-state index >= 15 is 0 Å². The predicted molar refractivity (Wildman–Crippen MR) is 90.3 cm³/mol. The molecule has 0 aliphatic carbocycles. The summed E-state index contributed by atoms with van der Waals surface area (Å²) in [6.07, 6.45) is 3.82. The molecule has 120 valence electrons. The van der Waals surface area contributed by atoms with Crippen LogP contribution in [0.1, 0.15) is 25.3 Å². The number of rotatable bonds is 4. The molecule has 3 rings (SSSR count). The number of piperidine rings is 1. The Bertz CT molecular complexity index is 663. The van der Waals surface area contributed by atoms with Crippen molar-refractivity contribution < 1.29 is 9.59 Å². The first-order chi connectivity index (χ1) is 11.1. The van der Waals surface area contributed by atoms with Crippen molar-refractivity contribution in [2.75, 3.05) is 19.6 Å². The molecule has 1 unspecified atom stereocenters. The Kier molecular flexibility index (Phi) is 4.33. The molecule has 0 N–H and O–H groups in total. The van der Waals surface area contributed by atoms with Gasteiger partial charge in [0.25, 0.3) is 11.8 Å². The molecule has 0 radical (unpaired) electrons. The van der Waals surface area contributed by atoms with Crippen LogP contribution in [-0.4, -0.2) is 41.2 Å². The van der Waals surface area contributed by atoms with Crippen molar-refractivity contribution in [2.24, 2.45) is 5.92 Å². The third kappa shape index (κ3) is 2.81. The van der Waals surface area contributed by atoms with Crippen molar-refractivity contribution in [3.63, 3.8) is 0 Å². The van der Waals surface area contributed by atoms with E-state index in [9.17, 15) is 9.59 Å². The van der Waals surface area contributed by atoms with E-state index in [1.54, 1.807) is 6.08 Å². The monoisotopic (exact) mass is 310 g/mol. The number of carbonyl (C=O) groups excluding carboxylic acids is 2. The van der Waals surface area contributed by atoms with Crippen molar-refractivity contribution in [2.45, 2.75) is 19.8 Å². The zero-order valence-electron chi connectivity index (χ0n) is 13.5. The fourth-order valence-corrected chi connectivity index (χ4v) is 3.41. The lowest BCUT2D eigenvalue weighted by molar-refractivity contribution is -0.137. The number of hydrogen-bond donors (Lipinski definition) is 0. The average Bonchev–Trinajstić information content (AvgIpc) is 2.80. The number of nitrogens with zero attached hydrogens (tertiary/aromatic N) is 2. The van der Waals surface area contributed by atoms with Crippen LogP contribution < -0.4 is 0 Å². The summed E-state index contributed by atoms with van der Waals surface area (Å²) in [7, 11) is 0. The van der Waals surface area contributed by atoms with E-state index < -0.39 is 0 Å². The highest BCUT2D eigenvalue weighted by molar-refractivity contribution is 6.35. The summed E-state index contributed by atoms with van der Waals surface area (Å²) in [5.74, 6) is 0.127. The highest BCUT2D eigenvalue weighted by atomic mass is 16.2. The minimum Gasteiger partial charge on any atom is -0.366 e. The molecular formula is C19H22N2O2. The largest absolute Gasteiger partial charge is 0.366 e. The molecule has 0 bridgehead atoms. The van der Waals surface area contributed by atoms with Gasteiger partial charge in [-0.05, 0) is 24.3 Å². The normalized spacial score (nSPS) is 22.0. The van der Waals surface area contributed by atoms with Crippen LogP contribution in [0.15, 0.2) is 48.7 Å². The van der Waals surface area contributed by atoms with Crippen molar-refractivity contribution >= 4 is 17.4 Å². The van der Waals surface area contributed by atoms with Crippen LogP contribution in [0.25, 0.3) is 5.57 Å². The van der Waals surface area contributed by atoms with Crippen molar-refractivity contribution in [1.82, 2.24) is 9.80 Å². The van der Waals surface area contributed by atoms with Gasteiger partial charge in [0.05, 0.1) is 5.57 Å². The molecule has 1 fully saturated rings. The Hall–Kier alpha value is -2.36. The summed E-state index contributed by atoms with van der Waals surface area (Å²) >= 11 is 0. The maximum Gasteiger partial charge on any atom is 0.278 e. The van der Waals surface area contributed by atoms with Crippen LogP contribution in [0, 0.1) is 5.92 Å². The molecule has 4 heteroatoms. The first kappa shape index (κ1) is 15.5. The van der Waals surface area contributed by atoms with Gasteiger partial charge in [0.15, 0.2) is 0 Å². The average molecular weight is 310 g/mol. The van der Waals surface area contributed by atoms with E-state index in [0.29, 0.717) is 17.2 Å². The third-order valence-corrected chi connectivity index (χ3v) is 4.49. The Morgan fingerprint density at radius 1 is 1.22 bits per heavy atom. The summed E-state index contributed by atoms with van der Waals surface area (Å²) < 4.78 is 0. The maximum atomic E-state index is 12.9. The Labute approximate surface area is 137 Å². The van der Waals surface area contributed by atoms with E-state index in [4.69, 9.17) is 0 Å². The molecule has 0 aromatic heterocycles. The first-order valence-electron chi connectivity index (χ1n) is 8.15. The van der Waals surface area contributed by atoms with Crippen LogP contribution in [-0.2, 0) is 9.59 Å². The molecular weight excluding hydrogens is 288 g/mol. The summed E-state index contributed by atoms with van der Waals surface area (Å²) in [5, 5.41) is 0. The lowest BCUT2D eigenvalue weighted by atomic mass is 9.98. The predicted octanol–water partition coefficient (Wildman–Crippen LogP) is 2.68. The van der Waals surface area contributed by atoms with Crippen molar-refractivity contribution in [3.8, 4) is 0 Å². The van der Waals surface area contributed by atoms with Crippen LogP contribution in [0.3, 0.4) is 0 Å². The minimum atomic E-state index is -0.214. The fraction of sp³-hybridized carbons (Fsp3) is 0.368. The second kappa shape index (κ2) is 6.41. The molecule has 1 atom stereocenters. The van der Waals surface area contributed by atoms with Crippen LogP contribution >= 0.6 is 0 Å². The van der Waals surface area contributed by atoms with Crippen LogP contribution in [0.5, 0.6) is 0 Å². The Morgan fingerprint density at radius 3 is 2.61 bits per heavy atom. The molecule has 1 aromatic rings. The molecule has 0 spiro atoms. The quantitative estimate of drug-likeness (QED) is 0.634. The van der Waals surface area contributed by atoms with Crippen molar-refractivity contribution in [3.05, 3.63) is 54.2 Å². The minimum absolute atomic E-state index is 0.192. The summed E-state index contributed by atoms with van der Waals surface area (Å²) in [5.41, 5.74) is 1.91. The molecule has 2 amide bonds. The van der Waals surface area contributed by atoms with E-state index in [-0.39, 0.29) is 18.4 Å². The van der Waals surface area contributed by atoms with Crippen LogP contribution in [0.2, 0.25) is 0 Å². The number of likely N-dealkylation sites (tertiary alicyclic amines) is 1. The molecule has 0 saturated carbocycles. The van der Waals surface area contributed by atoms with Crippen LogP contribution in [0.4, 0.5) is 0 Å². The van der Waals surface area contributed by atoms with E-state index in [1.807, 2.05) is 30.3 Å². The van der Waals surface area contributed by atoms with Gasteiger partial charge in [-0.3, -0.25) is 14.5 Å². The molecule has 2 aliphatic rings. The summed E-state index contributed by atoms with van der Waals surface area (Å²) in [4.78, 5) is 29.1. The smallest absolute Gasteiger partial charge is 0.278 e.